The Morgan fingerprint density at radius 3 is 3.18 bits per heavy atom. The lowest BCUT2D eigenvalue weighted by molar-refractivity contribution is 0.116. The fourth-order valence-electron chi connectivity index (χ4n) is 1.97. The smallest absolute Gasteiger partial charge is 0.185 e. The quantitative estimate of drug-likeness (QED) is 0.873. The molecule has 0 bridgehead atoms. The van der Waals surface area contributed by atoms with Crippen LogP contribution in [0.3, 0.4) is 0 Å². The molecular formula is C12H21N3OS. The third kappa shape index (κ3) is 3.18. The van der Waals surface area contributed by atoms with E-state index in [1.807, 2.05) is 13.2 Å². The molecule has 0 aliphatic carbocycles. The van der Waals surface area contributed by atoms with E-state index < -0.39 is 0 Å². The van der Waals surface area contributed by atoms with Crippen LogP contribution in [0.4, 0.5) is 5.13 Å². The number of ether oxygens (including phenoxy) is 1. The van der Waals surface area contributed by atoms with Crippen molar-refractivity contribution in [3.05, 3.63) is 11.1 Å². The molecule has 2 heterocycles. The molecule has 0 saturated carbocycles. The molecule has 1 N–H and O–H groups in total. The number of hydrogen-bond acceptors (Lipinski definition) is 5. The van der Waals surface area contributed by atoms with E-state index >= 15 is 0 Å². The number of rotatable bonds is 5. The summed E-state index contributed by atoms with van der Waals surface area (Å²) in [5.41, 5.74) is 0. The van der Waals surface area contributed by atoms with E-state index in [0.29, 0.717) is 12.1 Å². The Balaban J connectivity index is 1.94. The SMILES string of the molecule is CNC(C)c1cnc(N(C)CC2CCCO2)s1. The minimum Gasteiger partial charge on any atom is -0.376 e. The lowest BCUT2D eigenvalue weighted by atomic mass is 10.2. The maximum Gasteiger partial charge on any atom is 0.185 e. The summed E-state index contributed by atoms with van der Waals surface area (Å²) < 4.78 is 5.64. The average molecular weight is 255 g/mol. The summed E-state index contributed by atoms with van der Waals surface area (Å²) in [4.78, 5) is 7.96. The van der Waals surface area contributed by atoms with Gasteiger partial charge in [-0.15, -0.1) is 11.3 Å². The number of likely N-dealkylation sites (N-methyl/N-ethyl adjacent to an activating group) is 1. The summed E-state index contributed by atoms with van der Waals surface area (Å²) >= 11 is 1.75. The van der Waals surface area contributed by atoms with Gasteiger partial charge in [0.25, 0.3) is 0 Å². The first-order chi connectivity index (χ1) is 8.20. The van der Waals surface area contributed by atoms with Crippen molar-refractivity contribution in [2.24, 2.45) is 0 Å². The second-order valence-electron chi connectivity index (χ2n) is 4.57. The summed E-state index contributed by atoms with van der Waals surface area (Å²) in [5, 5.41) is 4.31. The van der Waals surface area contributed by atoms with E-state index in [0.717, 1.165) is 18.3 Å². The first-order valence-electron chi connectivity index (χ1n) is 6.16. The summed E-state index contributed by atoms with van der Waals surface area (Å²) in [6, 6.07) is 0.373. The lowest BCUT2D eigenvalue weighted by Crippen LogP contribution is -2.28. The van der Waals surface area contributed by atoms with E-state index in [-0.39, 0.29) is 0 Å². The molecular weight excluding hydrogens is 234 g/mol. The third-order valence-electron chi connectivity index (χ3n) is 3.20. The van der Waals surface area contributed by atoms with E-state index in [1.165, 1.54) is 17.7 Å². The molecule has 0 aromatic carbocycles. The maximum absolute atomic E-state index is 5.64. The number of nitrogens with one attached hydrogen (secondary N) is 1. The molecule has 1 aromatic heterocycles. The van der Waals surface area contributed by atoms with Crippen LogP contribution in [0.2, 0.25) is 0 Å². The van der Waals surface area contributed by atoms with Gasteiger partial charge >= 0.3 is 0 Å². The molecule has 0 amide bonds. The summed E-state index contributed by atoms with van der Waals surface area (Å²) in [7, 11) is 4.06. The summed E-state index contributed by atoms with van der Waals surface area (Å²) in [6.07, 6.45) is 4.72. The molecule has 0 radical (unpaired) electrons. The molecule has 1 aromatic rings. The van der Waals surface area contributed by atoms with Crippen LogP contribution >= 0.6 is 11.3 Å². The zero-order valence-electron chi connectivity index (χ0n) is 10.8. The minimum absolute atomic E-state index is 0.373. The molecule has 96 valence electrons. The molecule has 17 heavy (non-hydrogen) atoms. The van der Waals surface area contributed by atoms with E-state index in [2.05, 4.69) is 29.2 Å². The highest BCUT2D eigenvalue weighted by atomic mass is 32.1. The molecule has 1 aliphatic heterocycles. The van der Waals surface area contributed by atoms with Gasteiger partial charge in [0.05, 0.1) is 6.10 Å². The van der Waals surface area contributed by atoms with Crippen molar-refractivity contribution in [1.29, 1.82) is 0 Å². The Morgan fingerprint density at radius 2 is 2.53 bits per heavy atom. The van der Waals surface area contributed by atoms with Crippen LogP contribution in [0.25, 0.3) is 0 Å². The topological polar surface area (TPSA) is 37.4 Å². The van der Waals surface area contributed by atoms with Crippen molar-refractivity contribution in [3.63, 3.8) is 0 Å². The van der Waals surface area contributed by atoms with Crippen molar-refractivity contribution in [2.75, 3.05) is 32.1 Å². The van der Waals surface area contributed by atoms with Crippen LogP contribution in [0, 0.1) is 0 Å². The highest BCUT2D eigenvalue weighted by molar-refractivity contribution is 7.15. The van der Waals surface area contributed by atoms with E-state index in [1.54, 1.807) is 11.3 Å². The molecule has 2 unspecified atom stereocenters. The zero-order chi connectivity index (χ0) is 12.3. The van der Waals surface area contributed by atoms with Crippen LogP contribution in [-0.2, 0) is 4.74 Å². The Kier molecular flexibility index (Phi) is 4.36. The molecule has 5 heteroatoms. The maximum atomic E-state index is 5.64. The van der Waals surface area contributed by atoms with Gasteiger partial charge in [-0.25, -0.2) is 4.98 Å². The Labute approximate surface area is 107 Å². The second kappa shape index (κ2) is 5.80. The second-order valence-corrected chi connectivity index (χ2v) is 5.61. The van der Waals surface area contributed by atoms with E-state index in [9.17, 15) is 0 Å². The van der Waals surface area contributed by atoms with Crippen molar-refractivity contribution < 1.29 is 4.74 Å². The summed E-state index contributed by atoms with van der Waals surface area (Å²) in [5.74, 6) is 0. The van der Waals surface area contributed by atoms with Crippen molar-refractivity contribution >= 4 is 16.5 Å². The first-order valence-corrected chi connectivity index (χ1v) is 6.98. The number of aromatic nitrogens is 1. The Bertz CT molecular complexity index is 349. The molecule has 1 saturated heterocycles. The molecule has 2 atom stereocenters. The Hall–Kier alpha value is -0.650. The lowest BCUT2D eigenvalue weighted by Gasteiger charge is -2.19. The molecule has 0 spiro atoms. The first kappa shape index (κ1) is 12.8. The molecule has 4 nitrogen and oxygen atoms in total. The van der Waals surface area contributed by atoms with Gasteiger partial charge in [-0.2, -0.15) is 0 Å². The van der Waals surface area contributed by atoms with Crippen molar-refractivity contribution in [3.8, 4) is 0 Å². The molecule has 2 rings (SSSR count). The standard InChI is InChI=1S/C12H21N3OS/c1-9(13-2)11-7-14-12(17-11)15(3)8-10-5-4-6-16-10/h7,9-10,13H,4-6,8H2,1-3H3. The van der Waals surface area contributed by atoms with Crippen LogP contribution in [0.1, 0.15) is 30.7 Å². The van der Waals surface area contributed by atoms with Crippen molar-refractivity contribution in [1.82, 2.24) is 10.3 Å². The van der Waals surface area contributed by atoms with Gasteiger partial charge in [0.1, 0.15) is 0 Å². The molecule has 1 fully saturated rings. The van der Waals surface area contributed by atoms with Crippen LogP contribution in [-0.4, -0.2) is 38.3 Å². The average Bonchev–Trinajstić information content (AvgIpc) is 2.98. The summed E-state index contributed by atoms with van der Waals surface area (Å²) in [6.45, 7) is 4.01. The van der Waals surface area contributed by atoms with Gasteiger partial charge in [-0.05, 0) is 26.8 Å². The number of hydrogen-bond donors (Lipinski definition) is 1. The van der Waals surface area contributed by atoms with Gasteiger partial charge in [-0.1, -0.05) is 0 Å². The number of thiazole rings is 1. The van der Waals surface area contributed by atoms with Gasteiger partial charge < -0.3 is 15.0 Å². The fourth-order valence-corrected chi connectivity index (χ4v) is 2.91. The highest BCUT2D eigenvalue weighted by Gasteiger charge is 2.19. The minimum atomic E-state index is 0.373. The Morgan fingerprint density at radius 1 is 1.71 bits per heavy atom. The third-order valence-corrected chi connectivity index (χ3v) is 4.49. The largest absolute Gasteiger partial charge is 0.376 e. The van der Waals surface area contributed by atoms with Crippen molar-refractivity contribution in [2.45, 2.75) is 31.9 Å². The zero-order valence-corrected chi connectivity index (χ0v) is 11.6. The number of nitrogens with zero attached hydrogens (tertiary/aromatic N) is 2. The normalized spacial score (nSPS) is 21.7. The molecule has 1 aliphatic rings. The predicted octanol–water partition coefficient (Wildman–Crippen LogP) is 2.04. The predicted molar refractivity (Wildman–Crippen MR) is 71.8 cm³/mol. The van der Waals surface area contributed by atoms with Gasteiger partial charge in [-0.3, -0.25) is 0 Å². The number of anilines is 1. The monoisotopic (exact) mass is 255 g/mol. The van der Waals surface area contributed by atoms with E-state index in [4.69, 9.17) is 4.74 Å². The van der Waals surface area contributed by atoms with Gasteiger partial charge in [0.15, 0.2) is 5.13 Å². The van der Waals surface area contributed by atoms with Gasteiger partial charge in [0.2, 0.25) is 0 Å². The van der Waals surface area contributed by atoms with Gasteiger partial charge in [0, 0.05) is 37.3 Å². The highest BCUT2D eigenvalue weighted by Crippen LogP contribution is 2.27. The van der Waals surface area contributed by atoms with Crippen LogP contribution in [0.5, 0.6) is 0 Å². The fraction of sp³-hybridized carbons (Fsp3) is 0.750. The van der Waals surface area contributed by atoms with Crippen LogP contribution in [0.15, 0.2) is 6.20 Å². The van der Waals surface area contributed by atoms with Crippen LogP contribution < -0.4 is 10.2 Å².